The first kappa shape index (κ1) is 16.0. The highest BCUT2D eigenvalue weighted by atomic mass is 35.5. The fourth-order valence-corrected chi connectivity index (χ4v) is 2.44. The lowest BCUT2D eigenvalue weighted by atomic mass is 10.1. The van der Waals surface area contributed by atoms with E-state index in [1.54, 1.807) is 10.9 Å². The Balaban J connectivity index is 1.75. The zero-order valence-electron chi connectivity index (χ0n) is 11.9. The molecular formula is C13H13ClF3N5O. The first-order valence-corrected chi connectivity index (χ1v) is 7.26. The van der Waals surface area contributed by atoms with Gasteiger partial charge in [-0.2, -0.15) is 18.3 Å². The molecule has 10 heteroatoms. The van der Waals surface area contributed by atoms with Gasteiger partial charge in [0.15, 0.2) is 0 Å². The van der Waals surface area contributed by atoms with Gasteiger partial charge in [-0.1, -0.05) is 0 Å². The average Bonchev–Trinajstić information content (AvgIpc) is 3.04. The Kier molecular flexibility index (Phi) is 4.40. The largest absolute Gasteiger partial charge is 0.419 e. The molecule has 6 nitrogen and oxygen atoms in total. The van der Waals surface area contributed by atoms with Gasteiger partial charge < -0.3 is 4.74 Å². The summed E-state index contributed by atoms with van der Waals surface area (Å²) in [5.74, 6) is -0.0498. The van der Waals surface area contributed by atoms with E-state index in [1.165, 1.54) is 6.20 Å². The molecule has 0 radical (unpaired) electrons. The van der Waals surface area contributed by atoms with Crippen molar-refractivity contribution in [2.75, 3.05) is 17.6 Å². The Morgan fingerprint density at radius 2 is 1.83 bits per heavy atom. The van der Waals surface area contributed by atoms with E-state index in [0.717, 1.165) is 17.3 Å². The van der Waals surface area contributed by atoms with Crippen LogP contribution in [0.5, 0.6) is 0 Å². The van der Waals surface area contributed by atoms with Gasteiger partial charge in [-0.05, 0) is 12.8 Å². The van der Waals surface area contributed by atoms with Crippen molar-refractivity contribution in [3.05, 3.63) is 30.4 Å². The van der Waals surface area contributed by atoms with Crippen molar-refractivity contribution in [2.45, 2.75) is 25.1 Å². The van der Waals surface area contributed by atoms with Gasteiger partial charge in [0.2, 0.25) is 5.95 Å². The molecule has 124 valence electrons. The predicted molar refractivity (Wildman–Crippen MR) is 76.3 cm³/mol. The topological polar surface area (TPSA) is 56.1 Å². The lowest BCUT2D eigenvalue weighted by Gasteiger charge is -2.22. The Hall–Kier alpha value is -1.87. The Morgan fingerprint density at radius 1 is 1.17 bits per heavy atom. The molecular weight excluding hydrogens is 335 g/mol. The van der Waals surface area contributed by atoms with Crippen molar-refractivity contribution in [1.29, 1.82) is 0 Å². The standard InChI is InChI=1S/C13H13ClF3N5O/c14-22(12-18-5-9(6-19-12)13(15,16)17)11-7-20-21(8-11)10-1-3-23-4-2-10/h5-8,10H,1-4H2. The highest BCUT2D eigenvalue weighted by Crippen LogP contribution is 2.30. The second-order valence-electron chi connectivity index (χ2n) is 5.07. The summed E-state index contributed by atoms with van der Waals surface area (Å²) in [6.07, 6.45) is 1.83. The summed E-state index contributed by atoms with van der Waals surface area (Å²) in [7, 11) is 0. The Morgan fingerprint density at radius 3 is 2.43 bits per heavy atom. The summed E-state index contributed by atoms with van der Waals surface area (Å²) in [6, 6.07) is 0.219. The Bertz CT molecular complexity index is 654. The molecule has 0 N–H and O–H groups in total. The van der Waals surface area contributed by atoms with Crippen LogP contribution in [0.1, 0.15) is 24.4 Å². The van der Waals surface area contributed by atoms with E-state index in [2.05, 4.69) is 15.1 Å². The number of hydrogen-bond donors (Lipinski definition) is 0. The molecule has 1 aliphatic heterocycles. The molecule has 0 aromatic carbocycles. The predicted octanol–water partition coefficient (Wildman–Crippen LogP) is 3.34. The first-order chi connectivity index (χ1) is 10.9. The molecule has 0 spiro atoms. The molecule has 0 amide bonds. The third kappa shape index (κ3) is 3.56. The third-order valence-corrected chi connectivity index (χ3v) is 3.87. The third-order valence-electron chi connectivity index (χ3n) is 3.52. The molecule has 1 saturated heterocycles. The SMILES string of the molecule is FC(F)(F)c1cnc(N(Cl)c2cnn(C3CCOCC3)c2)nc1. The Labute approximate surface area is 135 Å². The molecule has 2 aromatic heterocycles. The minimum Gasteiger partial charge on any atom is -0.381 e. The molecule has 0 aliphatic carbocycles. The van der Waals surface area contributed by atoms with Crippen LogP contribution >= 0.6 is 11.8 Å². The fourth-order valence-electron chi connectivity index (χ4n) is 2.26. The van der Waals surface area contributed by atoms with Crippen LogP contribution < -0.4 is 4.42 Å². The number of halogens is 4. The van der Waals surface area contributed by atoms with Crippen molar-refractivity contribution in [1.82, 2.24) is 19.7 Å². The number of anilines is 2. The molecule has 1 fully saturated rings. The smallest absolute Gasteiger partial charge is 0.381 e. The molecule has 0 bridgehead atoms. The van der Waals surface area contributed by atoms with E-state index in [4.69, 9.17) is 16.5 Å². The van der Waals surface area contributed by atoms with Crippen LogP contribution in [0.3, 0.4) is 0 Å². The minimum atomic E-state index is -4.48. The summed E-state index contributed by atoms with van der Waals surface area (Å²) >= 11 is 6.10. The van der Waals surface area contributed by atoms with Crippen molar-refractivity contribution >= 4 is 23.4 Å². The van der Waals surface area contributed by atoms with E-state index in [0.29, 0.717) is 31.3 Å². The van der Waals surface area contributed by atoms with Crippen LogP contribution in [0.25, 0.3) is 0 Å². The van der Waals surface area contributed by atoms with Crippen LogP contribution in [0.15, 0.2) is 24.8 Å². The van der Waals surface area contributed by atoms with Crippen LogP contribution in [0, 0.1) is 0 Å². The quantitative estimate of drug-likeness (QED) is 0.797. The van der Waals surface area contributed by atoms with Gasteiger partial charge >= 0.3 is 6.18 Å². The summed E-state index contributed by atoms with van der Waals surface area (Å²) < 4.78 is 45.6. The molecule has 23 heavy (non-hydrogen) atoms. The van der Waals surface area contributed by atoms with Gasteiger partial charge in [-0.25, -0.2) is 14.4 Å². The van der Waals surface area contributed by atoms with Crippen molar-refractivity contribution in [2.24, 2.45) is 0 Å². The van der Waals surface area contributed by atoms with Crippen LogP contribution in [0.4, 0.5) is 24.8 Å². The highest BCUT2D eigenvalue weighted by molar-refractivity contribution is 6.28. The lowest BCUT2D eigenvalue weighted by Crippen LogP contribution is -2.19. The summed E-state index contributed by atoms with van der Waals surface area (Å²) in [5, 5.41) is 4.24. The van der Waals surface area contributed by atoms with Gasteiger partial charge in [0.05, 0.1) is 29.7 Å². The van der Waals surface area contributed by atoms with Gasteiger partial charge in [0, 0.05) is 37.4 Å². The minimum absolute atomic E-state index is 0.0498. The number of hydrogen-bond acceptors (Lipinski definition) is 5. The zero-order chi connectivity index (χ0) is 16.4. The lowest BCUT2D eigenvalue weighted by molar-refractivity contribution is -0.138. The summed E-state index contributed by atoms with van der Waals surface area (Å²) in [5.41, 5.74) is -0.442. The van der Waals surface area contributed by atoms with Crippen molar-refractivity contribution in [3.8, 4) is 0 Å². The second-order valence-corrected chi connectivity index (χ2v) is 5.41. The summed E-state index contributed by atoms with van der Waals surface area (Å²) in [4.78, 5) is 7.30. The van der Waals surface area contributed by atoms with Gasteiger partial charge in [0.25, 0.3) is 0 Å². The normalized spacial score (nSPS) is 16.5. The van der Waals surface area contributed by atoms with Gasteiger partial charge in [-0.15, -0.1) is 0 Å². The average molecular weight is 348 g/mol. The second kappa shape index (κ2) is 6.32. The van der Waals surface area contributed by atoms with Crippen LogP contribution in [-0.2, 0) is 10.9 Å². The monoisotopic (exact) mass is 347 g/mol. The van der Waals surface area contributed by atoms with E-state index in [-0.39, 0.29) is 12.0 Å². The van der Waals surface area contributed by atoms with E-state index in [1.807, 2.05) is 0 Å². The van der Waals surface area contributed by atoms with E-state index in [9.17, 15) is 13.2 Å². The number of alkyl halides is 3. The van der Waals surface area contributed by atoms with E-state index >= 15 is 0 Å². The van der Waals surface area contributed by atoms with E-state index < -0.39 is 11.7 Å². The molecule has 0 saturated carbocycles. The maximum atomic E-state index is 12.5. The summed E-state index contributed by atoms with van der Waals surface area (Å²) in [6.45, 7) is 1.35. The zero-order valence-corrected chi connectivity index (χ0v) is 12.6. The van der Waals surface area contributed by atoms with Gasteiger partial charge in [-0.3, -0.25) is 4.68 Å². The first-order valence-electron chi connectivity index (χ1n) is 6.92. The number of ether oxygens (including phenoxy) is 1. The maximum Gasteiger partial charge on any atom is 0.419 e. The molecule has 2 aromatic rings. The molecule has 3 rings (SSSR count). The highest BCUT2D eigenvalue weighted by Gasteiger charge is 2.31. The molecule has 0 unspecified atom stereocenters. The number of rotatable bonds is 3. The number of aromatic nitrogens is 4. The maximum absolute atomic E-state index is 12.5. The van der Waals surface area contributed by atoms with Crippen molar-refractivity contribution in [3.63, 3.8) is 0 Å². The number of nitrogens with zero attached hydrogens (tertiary/aromatic N) is 5. The van der Waals surface area contributed by atoms with Crippen LogP contribution in [0.2, 0.25) is 0 Å². The molecule has 1 aliphatic rings. The van der Waals surface area contributed by atoms with Crippen molar-refractivity contribution < 1.29 is 17.9 Å². The molecule has 0 atom stereocenters. The molecule has 3 heterocycles. The van der Waals surface area contributed by atoms with Crippen LogP contribution in [-0.4, -0.2) is 33.0 Å². The van der Waals surface area contributed by atoms with Gasteiger partial charge in [0.1, 0.15) is 0 Å². The fraction of sp³-hybridized carbons (Fsp3) is 0.462.